The predicted molar refractivity (Wildman–Crippen MR) is 253 cm³/mol. The van der Waals surface area contributed by atoms with E-state index in [1.807, 2.05) is 19.2 Å². The van der Waals surface area contributed by atoms with Gasteiger partial charge in [0.25, 0.3) is 0 Å². The molecule has 6 aromatic carbocycles. The van der Waals surface area contributed by atoms with Gasteiger partial charge in [-0.25, -0.2) is 4.98 Å². The SMILES string of the molecule is Cc1cc(C)c(O)c(-c2nc3c(-c4cc(-c5cc(-c6ccc(C(C)(C)C)cc6)ccn5)cc(C(C)(C)C)c4)cccc3n2-c2ccc(CC(C)C)cc2-c2ccccc2)c1. The van der Waals surface area contributed by atoms with Crippen molar-refractivity contribution < 1.29 is 5.11 Å². The topological polar surface area (TPSA) is 50.9 Å². The van der Waals surface area contributed by atoms with Crippen LogP contribution >= 0.6 is 0 Å². The van der Waals surface area contributed by atoms with E-state index in [9.17, 15) is 5.11 Å². The van der Waals surface area contributed by atoms with Gasteiger partial charge in [-0.05, 0) is 136 Å². The molecule has 8 rings (SSSR count). The minimum absolute atomic E-state index is 0.0901. The summed E-state index contributed by atoms with van der Waals surface area (Å²) in [6, 6.07) is 48.1. The molecule has 4 nitrogen and oxygen atoms in total. The molecule has 0 atom stereocenters. The smallest absolute Gasteiger partial charge is 0.149 e. The molecule has 0 aliphatic rings. The summed E-state index contributed by atoms with van der Waals surface area (Å²) in [5.41, 5.74) is 17.9. The quantitative estimate of drug-likeness (QED) is 0.167. The third-order valence-corrected chi connectivity index (χ3v) is 11.7. The van der Waals surface area contributed by atoms with Crippen molar-refractivity contribution in [2.24, 2.45) is 5.92 Å². The Balaban J connectivity index is 1.37. The van der Waals surface area contributed by atoms with Gasteiger partial charge in [0.15, 0.2) is 0 Å². The molecular weight excluding hydrogens is 731 g/mol. The van der Waals surface area contributed by atoms with Gasteiger partial charge in [0.05, 0.1) is 28.0 Å². The lowest BCUT2D eigenvalue weighted by atomic mass is 9.83. The number of fused-ring (bicyclic) bond motifs is 1. The first-order valence-electron chi connectivity index (χ1n) is 21.3. The Bertz CT molecular complexity index is 2850. The molecule has 4 heteroatoms. The molecule has 2 aromatic heterocycles. The molecule has 0 saturated carbocycles. The maximum atomic E-state index is 11.8. The first-order chi connectivity index (χ1) is 28.5. The predicted octanol–water partition coefficient (Wildman–Crippen LogP) is 14.9. The molecule has 60 heavy (non-hydrogen) atoms. The number of rotatable bonds is 8. The van der Waals surface area contributed by atoms with Crippen LogP contribution in [0.5, 0.6) is 5.75 Å². The average Bonchev–Trinajstić information content (AvgIpc) is 3.61. The average molecular weight is 788 g/mol. The number of aryl methyl sites for hydroxylation is 2. The third kappa shape index (κ3) is 8.04. The highest BCUT2D eigenvalue weighted by atomic mass is 16.3. The zero-order valence-electron chi connectivity index (χ0n) is 36.9. The maximum absolute atomic E-state index is 11.8. The van der Waals surface area contributed by atoms with E-state index in [1.165, 1.54) is 22.3 Å². The number of aromatic nitrogens is 3. The number of nitrogens with zero attached hydrogens (tertiary/aromatic N) is 3. The fraction of sp³-hybridized carbons (Fsp3) is 0.250. The van der Waals surface area contributed by atoms with Crippen LogP contribution in [0.15, 0.2) is 140 Å². The van der Waals surface area contributed by atoms with E-state index < -0.39 is 0 Å². The zero-order valence-corrected chi connectivity index (χ0v) is 36.9. The summed E-state index contributed by atoms with van der Waals surface area (Å²) in [6.45, 7) is 22.1. The molecule has 0 aliphatic carbocycles. The number of aromatic hydroxyl groups is 1. The second-order valence-corrected chi connectivity index (χ2v) is 19.0. The highest BCUT2D eigenvalue weighted by Gasteiger charge is 2.25. The van der Waals surface area contributed by atoms with Gasteiger partial charge in [-0.1, -0.05) is 140 Å². The van der Waals surface area contributed by atoms with E-state index in [0.29, 0.717) is 17.3 Å². The number of benzene rings is 6. The highest BCUT2D eigenvalue weighted by molar-refractivity contribution is 5.98. The van der Waals surface area contributed by atoms with Crippen LogP contribution in [-0.4, -0.2) is 19.6 Å². The molecule has 8 aromatic rings. The second kappa shape index (κ2) is 15.7. The molecule has 0 spiro atoms. The van der Waals surface area contributed by atoms with Gasteiger partial charge in [0, 0.05) is 22.9 Å². The van der Waals surface area contributed by atoms with E-state index in [-0.39, 0.29) is 16.6 Å². The van der Waals surface area contributed by atoms with Gasteiger partial charge < -0.3 is 5.11 Å². The van der Waals surface area contributed by atoms with Gasteiger partial charge in [-0.15, -0.1) is 0 Å². The lowest BCUT2D eigenvalue weighted by molar-refractivity contribution is 0.472. The number of hydrogen-bond donors (Lipinski definition) is 1. The fourth-order valence-electron chi connectivity index (χ4n) is 8.41. The summed E-state index contributed by atoms with van der Waals surface area (Å²) in [7, 11) is 0. The molecule has 0 fully saturated rings. The number of hydrogen-bond acceptors (Lipinski definition) is 3. The van der Waals surface area contributed by atoms with E-state index >= 15 is 0 Å². The second-order valence-electron chi connectivity index (χ2n) is 19.0. The Morgan fingerprint density at radius 3 is 2.00 bits per heavy atom. The minimum Gasteiger partial charge on any atom is -0.507 e. The van der Waals surface area contributed by atoms with E-state index in [1.54, 1.807) is 0 Å². The minimum atomic E-state index is -0.128. The van der Waals surface area contributed by atoms with Crippen molar-refractivity contribution in [3.8, 4) is 67.5 Å². The van der Waals surface area contributed by atoms with Gasteiger partial charge in [0.1, 0.15) is 11.6 Å². The summed E-state index contributed by atoms with van der Waals surface area (Å²) in [5, 5.41) is 11.8. The normalized spacial score (nSPS) is 12.1. The Labute approximate surface area is 356 Å². The first kappa shape index (κ1) is 40.5. The molecule has 302 valence electrons. The maximum Gasteiger partial charge on any atom is 0.149 e. The Morgan fingerprint density at radius 2 is 1.30 bits per heavy atom. The largest absolute Gasteiger partial charge is 0.507 e. The number of phenols is 1. The Morgan fingerprint density at radius 1 is 0.583 bits per heavy atom. The lowest BCUT2D eigenvalue weighted by Gasteiger charge is -2.22. The summed E-state index contributed by atoms with van der Waals surface area (Å²) >= 11 is 0. The molecule has 0 aliphatic heterocycles. The van der Waals surface area contributed by atoms with Gasteiger partial charge >= 0.3 is 0 Å². The molecule has 0 unspecified atom stereocenters. The molecular formula is C56H57N3O. The monoisotopic (exact) mass is 787 g/mol. The number of para-hydroxylation sites is 1. The van der Waals surface area contributed by atoms with Crippen LogP contribution in [0.2, 0.25) is 0 Å². The van der Waals surface area contributed by atoms with Crippen molar-refractivity contribution in [3.63, 3.8) is 0 Å². The van der Waals surface area contributed by atoms with Crippen molar-refractivity contribution in [2.75, 3.05) is 0 Å². The Hall–Kier alpha value is -6.26. The summed E-state index contributed by atoms with van der Waals surface area (Å²) in [6.07, 6.45) is 2.90. The van der Waals surface area contributed by atoms with E-state index in [4.69, 9.17) is 9.97 Å². The first-order valence-corrected chi connectivity index (χ1v) is 21.3. The fourth-order valence-corrected chi connectivity index (χ4v) is 8.41. The Kier molecular flexibility index (Phi) is 10.6. The van der Waals surface area contributed by atoms with Crippen LogP contribution in [0, 0.1) is 19.8 Å². The molecule has 0 amide bonds. The van der Waals surface area contributed by atoms with Crippen molar-refractivity contribution in [3.05, 3.63) is 167 Å². The number of imidazole rings is 1. The van der Waals surface area contributed by atoms with Gasteiger partial charge in [0.2, 0.25) is 0 Å². The molecule has 1 N–H and O–H groups in total. The standard InChI is InChI=1S/C56H57N3O/c1-35(2)27-38-19-24-50(47(30-38)40-15-12-11-13-16-40)59-51-18-14-17-46(52(51)58-54(59)48-29-36(3)28-37(4)53(48)60)42-31-43(33-45(32-42)56(8,9)10)49-34-41(25-26-57-49)39-20-22-44(23-21-39)55(5,6)7/h11-26,28-35,60H,27H2,1-10H3. The van der Waals surface area contributed by atoms with Gasteiger partial charge in [-0.3, -0.25) is 9.55 Å². The summed E-state index contributed by atoms with van der Waals surface area (Å²) in [5.74, 6) is 1.47. The van der Waals surface area contributed by atoms with Crippen LogP contribution in [0.3, 0.4) is 0 Å². The van der Waals surface area contributed by atoms with E-state index in [0.717, 1.165) is 73.3 Å². The van der Waals surface area contributed by atoms with Crippen LogP contribution in [-0.2, 0) is 17.3 Å². The molecule has 2 heterocycles. The number of phenolic OH excluding ortho intramolecular Hbond substituents is 1. The van der Waals surface area contributed by atoms with Crippen molar-refractivity contribution >= 4 is 11.0 Å². The lowest BCUT2D eigenvalue weighted by Crippen LogP contribution is -2.11. The third-order valence-electron chi connectivity index (χ3n) is 11.7. The van der Waals surface area contributed by atoms with Crippen LogP contribution < -0.4 is 0 Å². The highest BCUT2D eigenvalue weighted by Crippen LogP contribution is 2.43. The summed E-state index contributed by atoms with van der Waals surface area (Å²) in [4.78, 5) is 10.5. The van der Waals surface area contributed by atoms with Gasteiger partial charge in [-0.2, -0.15) is 0 Å². The molecule has 0 bridgehead atoms. The van der Waals surface area contributed by atoms with Crippen molar-refractivity contribution in [1.82, 2.24) is 14.5 Å². The zero-order chi connectivity index (χ0) is 42.5. The van der Waals surface area contributed by atoms with Crippen molar-refractivity contribution in [1.29, 1.82) is 0 Å². The van der Waals surface area contributed by atoms with E-state index in [2.05, 4.69) is 194 Å². The van der Waals surface area contributed by atoms with Crippen LogP contribution in [0.25, 0.3) is 72.7 Å². The summed E-state index contributed by atoms with van der Waals surface area (Å²) < 4.78 is 2.26. The van der Waals surface area contributed by atoms with Crippen LogP contribution in [0.4, 0.5) is 0 Å². The number of pyridine rings is 1. The molecule has 0 radical (unpaired) electrons. The van der Waals surface area contributed by atoms with Crippen molar-refractivity contribution in [2.45, 2.75) is 86.5 Å². The molecule has 0 saturated heterocycles. The van der Waals surface area contributed by atoms with Crippen LogP contribution in [0.1, 0.15) is 83.2 Å².